The summed E-state index contributed by atoms with van der Waals surface area (Å²) < 4.78 is 40.7. The molecule has 2 N–H and O–H groups in total. The predicted octanol–water partition coefficient (Wildman–Crippen LogP) is 0.296. The minimum absolute atomic E-state index is 0.171. The van der Waals surface area contributed by atoms with Crippen LogP contribution < -0.4 is 10.0 Å². The minimum atomic E-state index is -3.84. The molecular weight excluding hydrogens is 291 g/mol. The lowest BCUT2D eigenvalue weighted by molar-refractivity contribution is -0.385. The molecule has 0 aliphatic carbocycles. The fourth-order valence-corrected chi connectivity index (χ4v) is 3.04. The average Bonchev–Trinajstić information content (AvgIpc) is 2.38. The number of non-ortho nitro benzene ring substituents is 1. The number of hydrogen-bond acceptors (Lipinski definition) is 5. The number of piperazine rings is 1. The lowest BCUT2D eigenvalue weighted by atomic mass is 10.3. The monoisotopic (exact) mass is 304 g/mol. The van der Waals surface area contributed by atoms with Gasteiger partial charge in [-0.1, -0.05) is 0 Å². The number of nitro groups is 1. The van der Waals surface area contributed by atoms with E-state index in [1.54, 1.807) is 0 Å². The maximum atomic E-state index is 13.2. The Labute approximate surface area is 114 Å². The van der Waals surface area contributed by atoms with Crippen molar-refractivity contribution in [3.05, 3.63) is 34.1 Å². The van der Waals surface area contributed by atoms with Crippen molar-refractivity contribution in [1.29, 1.82) is 0 Å². The Balaban J connectivity index is 2.22. The maximum absolute atomic E-state index is 13.2. The first-order valence-corrected chi connectivity index (χ1v) is 7.26. The zero-order valence-electron chi connectivity index (χ0n) is 10.4. The largest absolute Gasteiger partial charge is 0.314 e. The van der Waals surface area contributed by atoms with Crippen LogP contribution in [-0.4, -0.2) is 43.8 Å². The summed E-state index contributed by atoms with van der Waals surface area (Å²) in [6.45, 7) is 1.61. The SMILES string of the molecule is O=[N+]([O-])c1cc(F)cc(NS(=O)(=O)N2CCNCC2)c1. The summed E-state index contributed by atoms with van der Waals surface area (Å²) in [5.41, 5.74) is -0.682. The summed E-state index contributed by atoms with van der Waals surface area (Å²) >= 11 is 0. The van der Waals surface area contributed by atoms with E-state index in [1.165, 1.54) is 4.31 Å². The van der Waals surface area contributed by atoms with Gasteiger partial charge in [-0.15, -0.1) is 0 Å². The third-order valence-electron chi connectivity index (χ3n) is 2.76. The highest BCUT2D eigenvalue weighted by atomic mass is 32.2. The Bertz CT molecular complexity index is 616. The third-order valence-corrected chi connectivity index (χ3v) is 4.29. The van der Waals surface area contributed by atoms with Crippen LogP contribution in [0.3, 0.4) is 0 Å². The van der Waals surface area contributed by atoms with E-state index >= 15 is 0 Å². The van der Waals surface area contributed by atoms with E-state index in [1.807, 2.05) is 0 Å². The summed E-state index contributed by atoms with van der Waals surface area (Å²) in [7, 11) is -3.84. The molecule has 0 saturated carbocycles. The van der Waals surface area contributed by atoms with Crippen LogP contribution >= 0.6 is 0 Å². The summed E-state index contributed by atoms with van der Waals surface area (Å²) in [4.78, 5) is 9.83. The molecule has 0 bridgehead atoms. The summed E-state index contributed by atoms with van der Waals surface area (Å²) in [5.74, 6) is -0.878. The molecule has 1 aliphatic heterocycles. The van der Waals surface area contributed by atoms with Gasteiger partial charge in [0.1, 0.15) is 5.82 Å². The standard InChI is InChI=1S/C10H13FN4O4S/c11-8-5-9(7-10(6-8)15(16)17)13-20(18,19)14-3-1-12-2-4-14/h5-7,12-13H,1-4H2. The number of nitrogens with zero attached hydrogens (tertiary/aromatic N) is 2. The molecule has 1 fully saturated rings. The van der Waals surface area contributed by atoms with Gasteiger partial charge in [-0.25, -0.2) is 4.39 Å². The normalized spacial score (nSPS) is 16.9. The number of halogens is 1. The van der Waals surface area contributed by atoms with E-state index in [4.69, 9.17) is 0 Å². The number of nitro benzene ring substituents is 1. The Morgan fingerprint density at radius 1 is 1.30 bits per heavy atom. The number of hydrogen-bond donors (Lipinski definition) is 2. The van der Waals surface area contributed by atoms with Crippen LogP contribution in [0.5, 0.6) is 0 Å². The molecule has 1 heterocycles. The zero-order valence-corrected chi connectivity index (χ0v) is 11.2. The highest BCUT2D eigenvalue weighted by Gasteiger charge is 2.24. The molecule has 10 heteroatoms. The molecule has 2 rings (SSSR count). The fourth-order valence-electron chi connectivity index (χ4n) is 1.84. The van der Waals surface area contributed by atoms with Crippen molar-refractivity contribution in [3.8, 4) is 0 Å². The second-order valence-electron chi connectivity index (χ2n) is 4.21. The van der Waals surface area contributed by atoms with Gasteiger partial charge in [-0.2, -0.15) is 12.7 Å². The van der Waals surface area contributed by atoms with Crippen molar-refractivity contribution in [2.24, 2.45) is 0 Å². The quantitative estimate of drug-likeness (QED) is 0.615. The van der Waals surface area contributed by atoms with Gasteiger partial charge in [-0.3, -0.25) is 14.8 Å². The van der Waals surface area contributed by atoms with Crippen molar-refractivity contribution < 1.29 is 17.7 Å². The lowest BCUT2D eigenvalue weighted by Gasteiger charge is -2.26. The van der Waals surface area contributed by atoms with Gasteiger partial charge in [0.05, 0.1) is 16.7 Å². The molecule has 0 aromatic heterocycles. The van der Waals surface area contributed by atoms with Crippen molar-refractivity contribution >= 4 is 21.6 Å². The van der Waals surface area contributed by atoms with Crippen LogP contribution in [0.1, 0.15) is 0 Å². The van der Waals surface area contributed by atoms with Crippen LogP contribution in [0.25, 0.3) is 0 Å². The topological polar surface area (TPSA) is 105 Å². The Morgan fingerprint density at radius 2 is 1.95 bits per heavy atom. The number of nitrogens with one attached hydrogen (secondary N) is 2. The second-order valence-corrected chi connectivity index (χ2v) is 5.88. The van der Waals surface area contributed by atoms with E-state index in [2.05, 4.69) is 10.0 Å². The van der Waals surface area contributed by atoms with E-state index in [0.717, 1.165) is 18.2 Å². The molecule has 1 saturated heterocycles. The van der Waals surface area contributed by atoms with Crippen molar-refractivity contribution in [2.75, 3.05) is 30.9 Å². The van der Waals surface area contributed by atoms with E-state index < -0.39 is 26.6 Å². The minimum Gasteiger partial charge on any atom is -0.314 e. The summed E-state index contributed by atoms with van der Waals surface area (Å²) in [6.07, 6.45) is 0. The predicted molar refractivity (Wildman–Crippen MR) is 70.0 cm³/mol. The Hall–Kier alpha value is -1.78. The van der Waals surface area contributed by atoms with Gasteiger partial charge in [-0.05, 0) is 6.07 Å². The Morgan fingerprint density at radius 3 is 2.55 bits per heavy atom. The molecule has 8 nitrogen and oxygen atoms in total. The number of benzene rings is 1. The van der Waals surface area contributed by atoms with E-state index in [9.17, 15) is 22.9 Å². The first-order chi connectivity index (χ1) is 9.38. The van der Waals surface area contributed by atoms with E-state index in [0.29, 0.717) is 13.1 Å². The molecule has 0 amide bonds. The third kappa shape index (κ3) is 3.40. The molecule has 0 unspecified atom stereocenters. The fraction of sp³-hybridized carbons (Fsp3) is 0.400. The highest BCUT2D eigenvalue weighted by Crippen LogP contribution is 2.21. The zero-order chi connectivity index (χ0) is 14.8. The van der Waals surface area contributed by atoms with E-state index in [-0.39, 0.29) is 18.8 Å². The molecule has 1 aromatic rings. The highest BCUT2D eigenvalue weighted by molar-refractivity contribution is 7.90. The number of anilines is 1. The molecule has 0 radical (unpaired) electrons. The Kier molecular flexibility index (Phi) is 4.16. The molecule has 110 valence electrons. The van der Waals surface area contributed by atoms with Crippen LogP contribution in [0, 0.1) is 15.9 Å². The van der Waals surface area contributed by atoms with Crippen LogP contribution in [0.2, 0.25) is 0 Å². The summed E-state index contributed by atoms with van der Waals surface area (Å²) in [5, 5.41) is 13.6. The van der Waals surface area contributed by atoms with Crippen LogP contribution in [0.4, 0.5) is 15.8 Å². The van der Waals surface area contributed by atoms with Crippen molar-refractivity contribution in [2.45, 2.75) is 0 Å². The van der Waals surface area contributed by atoms with Gasteiger partial charge in [0, 0.05) is 32.2 Å². The molecule has 0 spiro atoms. The second kappa shape index (κ2) is 5.69. The smallest absolute Gasteiger partial charge is 0.301 e. The van der Waals surface area contributed by atoms with Gasteiger partial charge < -0.3 is 5.32 Å². The van der Waals surface area contributed by atoms with Crippen molar-refractivity contribution in [1.82, 2.24) is 9.62 Å². The van der Waals surface area contributed by atoms with Gasteiger partial charge >= 0.3 is 10.2 Å². The first kappa shape index (κ1) is 14.6. The summed E-state index contributed by atoms with van der Waals surface area (Å²) in [6, 6.07) is 2.60. The van der Waals surface area contributed by atoms with Gasteiger partial charge in [0.25, 0.3) is 5.69 Å². The average molecular weight is 304 g/mol. The number of rotatable bonds is 4. The van der Waals surface area contributed by atoms with Crippen molar-refractivity contribution in [3.63, 3.8) is 0 Å². The van der Waals surface area contributed by atoms with Crippen LogP contribution in [0.15, 0.2) is 18.2 Å². The first-order valence-electron chi connectivity index (χ1n) is 5.82. The molecule has 1 aromatic carbocycles. The van der Waals surface area contributed by atoms with Gasteiger partial charge in [0.15, 0.2) is 0 Å². The molecule has 1 aliphatic rings. The van der Waals surface area contributed by atoms with Crippen LogP contribution in [-0.2, 0) is 10.2 Å². The molecule has 20 heavy (non-hydrogen) atoms. The maximum Gasteiger partial charge on any atom is 0.301 e. The molecular formula is C10H13FN4O4S. The lowest BCUT2D eigenvalue weighted by Crippen LogP contribution is -2.48. The molecule has 0 atom stereocenters. The van der Waals surface area contributed by atoms with Gasteiger partial charge in [0.2, 0.25) is 0 Å².